The van der Waals surface area contributed by atoms with Crippen LogP contribution in [0.5, 0.6) is 0 Å². The van der Waals surface area contributed by atoms with E-state index in [1.165, 1.54) is 24.1 Å². The number of amides is 1. The molecule has 4 nitrogen and oxygen atoms in total. The van der Waals surface area contributed by atoms with Crippen molar-refractivity contribution in [3.63, 3.8) is 0 Å². The van der Waals surface area contributed by atoms with E-state index in [4.69, 9.17) is 11.5 Å². The third-order valence-corrected chi connectivity index (χ3v) is 4.14. The Hall–Kier alpha value is -1.55. The van der Waals surface area contributed by atoms with Gasteiger partial charge in [-0.05, 0) is 50.7 Å². The van der Waals surface area contributed by atoms with Crippen LogP contribution < -0.4 is 16.4 Å². The molecule has 4 heteroatoms. The van der Waals surface area contributed by atoms with Crippen LogP contribution in [-0.2, 0) is 11.2 Å². The van der Waals surface area contributed by atoms with Gasteiger partial charge in [0.25, 0.3) is 0 Å². The number of primary amides is 1. The average Bonchev–Trinajstić information content (AvgIpc) is 2.43. The van der Waals surface area contributed by atoms with Gasteiger partial charge in [-0.2, -0.15) is 0 Å². The molecule has 2 rings (SSSR count). The van der Waals surface area contributed by atoms with E-state index in [1.54, 1.807) is 6.92 Å². The summed E-state index contributed by atoms with van der Waals surface area (Å²) in [6, 6.07) is 8.62. The van der Waals surface area contributed by atoms with Crippen LogP contribution in [0, 0.1) is 0 Å². The number of aryl methyl sites for hydroxylation is 1. The minimum atomic E-state index is -0.875. The Bertz CT molecular complexity index is 471. The topological polar surface area (TPSA) is 72.3 Å². The SMILES string of the molecule is CC(N)(CCCCN1CCCc2ccccc21)C(N)=O. The predicted molar refractivity (Wildman–Crippen MR) is 82.6 cm³/mol. The Morgan fingerprint density at radius 3 is 2.85 bits per heavy atom. The van der Waals surface area contributed by atoms with E-state index in [-0.39, 0.29) is 0 Å². The van der Waals surface area contributed by atoms with Crippen LogP contribution in [0.4, 0.5) is 5.69 Å². The smallest absolute Gasteiger partial charge is 0.237 e. The van der Waals surface area contributed by atoms with E-state index >= 15 is 0 Å². The number of fused-ring (bicyclic) bond motifs is 1. The number of benzene rings is 1. The molecule has 1 amide bonds. The van der Waals surface area contributed by atoms with E-state index in [1.807, 2.05) is 0 Å². The molecule has 0 aromatic heterocycles. The van der Waals surface area contributed by atoms with E-state index in [0.29, 0.717) is 6.42 Å². The van der Waals surface area contributed by atoms with E-state index in [0.717, 1.165) is 25.9 Å². The number of nitrogens with zero attached hydrogens (tertiary/aromatic N) is 1. The molecule has 1 aliphatic heterocycles. The second-order valence-electron chi connectivity index (χ2n) is 5.96. The number of carbonyl (C=O) groups is 1. The zero-order valence-electron chi connectivity index (χ0n) is 12.3. The summed E-state index contributed by atoms with van der Waals surface area (Å²) < 4.78 is 0. The van der Waals surface area contributed by atoms with Crippen LogP contribution >= 0.6 is 0 Å². The maximum Gasteiger partial charge on any atom is 0.237 e. The normalized spacial score (nSPS) is 17.4. The minimum Gasteiger partial charge on any atom is -0.371 e. The van der Waals surface area contributed by atoms with Crippen LogP contribution in [0.2, 0.25) is 0 Å². The van der Waals surface area contributed by atoms with Gasteiger partial charge in [0.05, 0.1) is 5.54 Å². The van der Waals surface area contributed by atoms with Crippen molar-refractivity contribution in [3.05, 3.63) is 29.8 Å². The lowest BCUT2D eigenvalue weighted by molar-refractivity contribution is -0.122. The summed E-state index contributed by atoms with van der Waals surface area (Å²) >= 11 is 0. The lowest BCUT2D eigenvalue weighted by Crippen LogP contribution is -2.49. The predicted octanol–water partition coefficient (Wildman–Crippen LogP) is 1.81. The number of rotatable bonds is 6. The number of anilines is 1. The summed E-state index contributed by atoms with van der Waals surface area (Å²) in [7, 11) is 0. The molecule has 1 aliphatic rings. The number of unbranched alkanes of at least 4 members (excludes halogenated alkanes) is 1. The molecule has 0 saturated carbocycles. The second kappa shape index (κ2) is 6.27. The zero-order valence-corrected chi connectivity index (χ0v) is 12.3. The Morgan fingerprint density at radius 1 is 1.35 bits per heavy atom. The summed E-state index contributed by atoms with van der Waals surface area (Å²) in [6.07, 6.45) is 5.00. The lowest BCUT2D eigenvalue weighted by atomic mass is 9.95. The number of carbonyl (C=O) groups excluding carboxylic acids is 1. The van der Waals surface area contributed by atoms with Crippen LogP contribution in [0.3, 0.4) is 0 Å². The van der Waals surface area contributed by atoms with Crippen molar-refractivity contribution in [3.8, 4) is 0 Å². The van der Waals surface area contributed by atoms with E-state index in [9.17, 15) is 4.79 Å². The van der Waals surface area contributed by atoms with Crippen molar-refractivity contribution >= 4 is 11.6 Å². The van der Waals surface area contributed by atoms with Crippen molar-refractivity contribution < 1.29 is 4.79 Å². The van der Waals surface area contributed by atoms with Gasteiger partial charge in [-0.3, -0.25) is 4.79 Å². The first-order valence-electron chi connectivity index (χ1n) is 7.42. The van der Waals surface area contributed by atoms with E-state index < -0.39 is 11.4 Å². The molecule has 0 radical (unpaired) electrons. The molecule has 4 N–H and O–H groups in total. The fourth-order valence-electron chi connectivity index (χ4n) is 2.76. The number of nitrogens with two attached hydrogens (primary N) is 2. The largest absolute Gasteiger partial charge is 0.371 e. The highest BCUT2D eigenvalue weighted by atomic mass is 16.1. The summed E-state index contributed by atoms with van der Waals surface area (Å²) in [5.74, 6) is -0.416. The van der Waals surface area contributed by atoms with E-state index in [2.05, 4.69) is 29.2 Å². The zero-order chi connectivity index (χ0) is 14.6. The molecule has 0 bridgehead atoms. The van der Waals surface area contributed by atoms with Gasteiger partial charge in [-0.1, -0.05) is 18.2 Å². The average molecular weight is 275 g/mol. The van der Waals surface area contributed by atoms with Crippen LogP contribution in [-0.4, -0.2) is 24.5 Å². The van der Waals surface area contributed by atoms with Crippen LogP contribution in [0.25, 0.3) is 0 Å². The van der Waals surface area contributed by atoms with Crippen LogP contribution in [0.1, 0.15) is 38.2 Å². The first kappa shape index (κ1) is 14.9. The molecule has 1 unspecified atom stereocenters. The monoisotopic (exact) mass is 275 g/mol. The molecule has 0 aliphatic carbocycles. The van der Waals surface area contributed by atoms with Gasteiger partial charge in [0, 0.05) is 18.8 Å². The number of hydrogen-bond donors (Lipinski definition) is 2. The standard InChI is InChI=1S/C16H25N3O/c1-16(18,15(17)20)10-4-5-11-19-12-6-8-13-7-2-3-9-14(13)19/h2-3,7,9H,4-6,8,10-12,18H2,1H3,(H2,17,20). The maximum absolute atomic E-state index is 11.2. The molecular weight excluding hydrogens is 250 g/mol. The molecule has 0 spiro atoms. The van der Waals surface area contributed by atoms with Gasteiger partial charge in [-0.15, -0.1) is 0 Å². The Balaban J connectivity index is 1.83. The van der Waals surface area contributed by atoms with Crippen molar-refractivity contribution in [2.24, 2.45) is 11.5 Å². The van der Waals surface area contributed by atoms with Crippen molar-refractivity contribution in [1.29, 1.82) is 0 Å². The molecule has 20 heavy (non-hydrogen) atoms. The summed E-state index contributed by atoms with van der Waals surface area (Å²) in [4.78, 5) is 13.6. The molecule has 110 valence electrons. The highest BCUT2D eigenvalue weighted by Crippen LogP contribution is 2.27. The Morgan fingerprint density at radius 2 is 2.10 bits per heavy atom. The quantitative estimate of drug-likeness (QED) is 0.778. The van der Waals surface area contributed by atoms with Gasteiger partial charge in [0.1, 0.15) is 0 Å². The first-order valence-corrected chi connectivity index (χ1v) is 7.42. The summed E-state index contributed by atoms with van der Waals surface area (Å²) in [5, 5.41) is 0. The van der Waals surface area contributed by atoms with Crippen LogP contribution in [0.15, 0.2) is 24.3 Å². The highest BCUT2D eigenvalue weighted by Gasteiger charge is 2.24. The summed E-state index contributed by atoms with van der Waals surface area (Å²) in [6.45, 7) is 3.85. The van der Waals surface area contributed by atoms with Crippen molar-refractivity contribution in [1.82, 2.24) is 0 Å². The molecule has 1 heterocycles. The molecule has 1 aromatic rings. The molecule has 1 atom stereocenters. The first-order chi connectivity index (χ1) is 9.50. The van der Waals surface area contributed by atoms with Gasteiger partial charge in [0.15, 0.2) is 0 Å². The van der Waals surface area contributed by atoms with Gasteiger partial charge < -0.3 is 16.4 Å². The fourth-order valence-corrected chi connectivity index (χ4v) is 2.76. The molecular formula is C16H25N3O. The van der Waals surface area contributed by atoms with Gasteiger partial charge in [0.2, 0.25) is 5.91 Å². The number of hydrogen-bond acceptors (Lipinski definition) is 3. The molecule has 1 aromatic carbocycles. The minimum absolute atomic E-state index is 0.416. The summed E-state index contributed by atoms with van der Waals surface area (Å²) in [5.41, 5.74) is 13.1. The molecule has 0 saturated heterocycles. The highest BCUT2D eigenvalue weighted by molar-refractivity contribution is 5.83. The Kier molecular flexibility index (Phi) is 4.65. The third kappa shape index (κ3) is 3.51. The maximum atomic E-state index is 11.2. The van der Waals surface area contributed by atoms with Gasteiger partial charge in [-0.25, -0.2) is 0 Å². The second-order valence-corrected chi connectivity index (χ2v) is 5.96. The lowest BCUT2D eigenvalue weighted by Gasteiger charge is -2.31. The fraction of sp³-hybridized carbons (Fsp3) is 0.562. The molecule has 0 fully saturated rings. The van der Waals surface area contributed by atoms with Crippen molar-refractivity contribution in [2.75, 3.05) is 18.0 Å². The van der Waals surface area contributed by atoms with Gasteiger partial charge >= 0.3 is 0 Å². The third-order valence-electron chi connectivity index (χ3n) is 4.14. The van der Waals surface area contributed by atoms with Crippen molar-refractivity contribution in [2.45, 2.75) is 44.6 Å². The number of para-hydroxylation sites is 1. The Labute approximate surface area is 121 Å².